The van der Waals surface area contributed by atoms with Crippen LogP contribution in [0.25, 0.3) is 0 Å². The number of aromatic nitrogens is 1. The second kappa shape index (κ2) is 5.38. The van der Waals surface area contributed by atoms with Crippen LogP contribution >= 0.6 is 11.6 Å². The van der Waals surface area contributed by atoms with Crippen LogP contribution in [0.1, 0.15) is 20.8 Å². The van der Waals surface area contributed by atoms with Crippen molar-refractivity contribution in [2.75, 3.05) is 6.54 Å². The Morgan fingerprint density at radius 1 is 1.50 bits per heavy atom. The van der Waals surface area contributed by atoms with Crippen LogP contribution < -0.4 is 0 Å². The van der Waals surface area contributed by atoms with Gasteiger partial charge in [0.15, 0.2) is 0 Å². The molecule has 0 N–H and O–H groups in total. The van der Waals surface area contributed by atoms with Crippen molar-refractivity contribution in [3.05, 3.63) is 36.1 Å². The molecule has 0 unspecified atom stereocenters. The molecule has 6 heteroatoms. The number of sulfonamides is 1. The van der Waals surface area contributed by atoms with Crippen LogP contribution in [0.4, 0.5) is 0 Å². The molecule has 0 bridgehead atoms. The molecule has 1 heterocycles. The fraction of sp³-hybridized carbons (Fsp3) is 0.417. The van der Waals surface area contributed by atoms with Crippen LogP contribution in [0, 0.1) is 0 Å². The van der Waals surface area contributed by atoms with Crippen LogP contribution in [-0.2, 0) is 10.0 Å². The minimum Gasteiger partial charge on any atom is -0.244 e. The summed E-state index contributed by atoms with van der Waals surface area (Å²) in [5.74, 6) is 0. The van der Waals surface area contributed by atoms with Gasteiger partial charge in [0.25, 0.3) is 0 Å². The van der Waals surface area contributed by atoms with Crippen molar-refractivity contribution in [1.82, 2.24) is 9.29 Å². The van der Waals surface area contributed by atoms with Gasteiger partial charge in [-0.15, -0.1) is 6.58 Å². The van der Waals surface area contributed by atoms with Gasteiger partial charge >= 0.3 is 0 Å². The standard InChI is InChI=1S/C12H17ClN2O2S/c1-5-8-15(12(2,3)4)18(16,17)10-6-7-14-11(13)9-10/h5-7,9H,1,8H2,2-4H3. The lowest BCUT2D eigenvalue weighted by Crippen LogP contribution is -2.45. The summed E-state index contributed by atoms with van der Waals surface area (Å²) < 4.78 is 26.4. The number of hydrogen-bond acceptors (Lipinski definition) is 3. The molecule has 0 saturated carbocycles. The average Bonchev–Trinajstić information content (AvgIpc) is 2.24. The van der Waals surface area contributed by atoms with Gasteiger partial charge in [-0.2, -0.15) is 4.31 Å². The molecule has 0 saturated heterocycles. The molecular weight excluding hydrogens is 272 g/mol. The molecule has 1 aromatic rings. The Balaban J connectivity index is 3.30. The van der Waals surface area contributed by atoms with Crippen molar-refractivity contribution in [3.8, 4) is 0 Å². The molecular formula is C12H17ClN2O2S. The third kappa shape index (κ3) is 3.31. The number of halogens is 1. The number of hydrogen-bond donors (Lipinski definition) is 0. The van der Waals surface area contributed by atoms with Crippen molar-refractivity contribution in [3.63, 3.8) is 0 Å². The SMILES string of the molecule is C=CCN(C(C)(C)C)S(=O)(=O)c1ccnc(Cl)c1. The molecule has 0 aliphatic heterocycles. The smallest absolute Gasteiger partial charge is 0.244 e. The molecule has 0 spiro atoms. The Morgan fingerprint density at radius 3 is 2.56 bits per heavy atom. The van der Waals surface area contributed by atoms with Crippen LogP contribution in [0.5, 0.6) is 0 Å². The van der Waals surface area contributed by atoms with E-state index in [2.05, 4.69) is 11.6 Å². The molecule has 0 atom stereocenters. The fourth-order valence-corrected chi connectivity index (χ4v) is 3.53. The fourth-order valence-electron chi connectivity index (χ4n) is 1.52. The second-order valence-corrected chi connectivity index (χ2v) is 7.06. The van der Waals surface area contributed by atoms with Crippen molar-refractivity contribution in [1.29, 1.82) is 0 Å². The Labute approximate surface area is 113 Å². The Morgan fingerprint density at radius 2 is 2.11 bits per heavy atom. The number of rotatable bonds is 4. The first-order valence-corrected chi connectivity index (χ1v) is 7.26. The summed E-state index contributed by atoms with van der Waals surface area (Å²) in [7, 11) is -3.61. The molecule has 0 radical (unpaired) electrons. The van der Waals surface area contributed by atoms with E-state index in [0.29, 0.717) is 0 Å². The summed E-state index contributed by atoms with van der Waals surface area (Å²) in [5.41, 5.74) is -0.539. The van der Waals surface area contributed by atoms with Crippen molar-refractivity contribution >= 4 is 21.6 Å². The predicted molar refractivity (Wildman–Crippen MR) is 73.1 cm³/mol. The summed E-state index contributed by atoms with van der Waals surface area (Å²) in [4.78, 5) is 3.92. The van der Waals surface area contributed by atoms with E-state index in [4.69, 9.17) is 11.6 Å². The number of pyridine rings is 1. The van der Waals surface area contributed by atoms with E-state index in [-0.39, 0.29) is 16.6 Å². The second-order valence-electron chi connectivity index (χ2n) is 4.81. The zero-order valence-corrected chi connectivity index (χ0v) is 12.3. The quantitative estimate of drug-likeness (QED) is 0.632. The zero-order valence-electron chi connectivity index (χ0n) is 10.7. The molecule has 0 aliphatic rings. The van der Waals surface area contributed by atoms with Gasteiger partial charge in [0.2, 0.25) is 10.0 Å². The topological polar surface area (TPSA) is 50.3 Å². The highest BCUT2D eigenvalue weighted by Gasteiger charge is 2.33. The van der Waals surface area contributed by atoms with Crippen LogP contribution in [-0.4, -0.2) is 29.8 Å². The Kier molecular flexibility index (Phi) is 4.53. The molecule has 4 nitrogen and oxygen atoms in total. The summed E-state index contributed by atoms with van der Waals surface area (Å²) >= 11 is 5.73. The lowest BCUT2D eigenvalue weighted by Gasteiger charge is -2.33. The van der Waals surface area contributed by atoms with Gasteiger partial charge in [-0.1, -0.05) is 17.7 Å². The van der Waals surface area contributed by atoms with E-state index in [0.717, 1.165) is 0 Å². The summed E-state index contributed by atoms with van der Waals surface area (Å²) in [6, 6.07) is 2.78. The van der Waals surface area contributed by atoms with Gasteiger partial charge in [-0.05, 0) is 32.9 Å². The maximum absolute atomic E-state index is 12.5. The van der Waals surface area contributed by atoms with Gasteiger partial charge < -0.3 is 0 Å². The molecule has 0 aliphatic carbocycles. The molecule has 0 amide bonds. The first-order chi connectivity index (χ1) is 8.19. The van der Waals surface area contributed by atoms with Gasteiger partial charge in [-0.3, -0.25) is 0 Å². The predicted octanol–water partition coefficient (Wildman–Crippen LogP) is 2.71. The van der Waals surface area contributed by atoms with E-state index in [1.807, 2.05) is 20.8 Å². The maximum Gasteiger partial charge on any atom is 0.244 e. The van der Waals surface area contributed by atoms with Crippen molar-refractivity contribution < 1.29 is 8.42 Å². The monoisotopic (exact) mass is 288 g/mol. The average molecular weight is 289 g/mol. The van der Waals surface area contributed by atoms with Crippen LogP contribution in [0.15, 0.2) is 35.9 Å². The van der Waals surface area contributed by atoms with E-state index < -0.39 is 15.6 Å². The Hall–Kier alpha value is -0.910. The van der Waals surface area contributed by atoms with Gasteiger partial charge in [0.1, 0.15) is 5.15 Å². The highest BCUT2D eigenvalue weighted by molar-refractivity contribution is 7.89. The highest BCUT2D eigenvalue weighted by Crippen LogP contribution is 2.25. The summed E-state index contributed by atoms with van der Waals surface area (Å²) in [6.45, 7) is 9.33. The largest absolute Gasteiger partial charge is 0.244 e. The summed E-state index contributed by atoms with van der Waals surface area (Å²) in [6.07, 6.45) is 2.94. The van der Waals surface area contributed by atoms with Crippen LogP contribution in [0.3, 0.4) is 0 Å². The molecule has 1 rings (SSSR count). The zero-order chi connectivity index (χ0) is 14.0. The third-order valence-corrected chi connectivity index (χ3v) is 4.66. The first kappa shape index (κ1) is 15.1. The van der Waals surface area contributed by atoms with Crippen molar-refractivity contribution in [2.45, 2.75) is 31.2 Å². The highest BCUT2D eigenvalue weighted by atomic mass is 35.5. The van der Waals surface area contributed by atoms with E-state index in [9.17, 15) is 8.42 Å². The maximum atomic E-state index is 12.5. The van der Waals surface area contributed by atoms with Gasteiger partial charge in [-0.25, -0.2) is 13.4 Å². The molecule has 18 heavy (non-hydrogen) atoms. The Bertz CT molecular complexity index is 535. The third-order valence-electron chi connectivity index (χ3n) is 2.33. The van der Waals surface area contributed by atoms with Gasteiger partial charge in [0.05, 0.1) is 4.90 Å². The lowest BCUT2D eigenvalue weighted by molar-refractivity contribution is 0.270. The lowest BCUT2D eigenvalue weighted by atomic mass is 10.1. The van der Waals surface area contributed by atoms with Gasteiger partial charge in [0, 0.05) is 18.3 Å². The summed E-state index contributed by atoms with van der Waals surface area (Å²) in [5, 5.41) is 0.156. The number of nitrogens with zero attached hydrogens (tertiary/aromatic N) is 2. The molecule has 0 aromatic carbocycles. The van der Waals surface area contributed by atoms with Crippen LogP contribution in [0.2, 0.25) is 5.15 Å². The normalized spacial score (nSPS) is 12.7. The first-order valence-electron chi connectivity index (χ1n) is 5.45. The van der Waals surface area contributed by atoms with E-state index in [1.54, 1.807) is 6.08 Å². The van der Waals surface area contributed by atoms with Crippen molar-refractivity contribution in [2.24, 2.45) is 0 Å². The van der Waals surface area contributed by atoms with E-state index >= 15 is 0 Å². The van der Waals surface area contributed by atoms with E-state index in [1.165, 1.54) is 22.6 Å². The minimum atomic E-state index is -3.61. The molecule has 0 fully saturated rings. The molecule has 100 valence electrons. The minimum absolute atomic E-state index is 0.138. The molecule has 1 aromatic heterocycles.